The maximum absolute atomic E-state index is 4.19. The third-order valence-corrected chi connectivity index (χ3v) is 5.06. The summed E-state index contributed by atoms with van der Waals surface area (Å²) in [6.45, 7) is 15.4. The zero-order valence-corrected chi connectivity index (χ0v) is 18.8. The lowest BCUT2D eigenvalue weighted by Gasteiger charge is -2.10. The summed E-state index contributed by atoms with van der Waals surface area (Å²) >= 11 is 0. The van der Waals surface area contributed by atoms with Gasteiger partial charge in [-0.2, -0.15) is 0 Å². The Hall–Kier alpha value is -3.26. The fourth-order valence-corrected chi connectivity index (χ4v) is 3.24. The van der Waals surface area contributed by atoms with Gasteiger partial charge in [-0.25, -0.2) is 0 Å². The Morgan fingerprint density at radius 1 is 1.10 bits per heavy atom. The quantitative estimate of drug-likeness (QED) is 0.554. The van der Waals surface area contributed by atoms with Crippen LogP contribution in [0.15, 0.2) is 91.7 Å². The first-order valence-corrected chi connectivity index (χ1v) is 10.5. The zero-order chi connectivity index (χ0) is 21.9. The van der Waals surface area contributed by atoms with Gasteiger partial charge in [0.05, 0.1) is 0 Å². The summed E-state index contributed by atoms with van der Waals surface area (Å²) in [4.78, 5) is 0. The molecule has 1 aliphatic heterocycles. The molecule has 2 N–H and O–H groups in total. The van der Waals surface area contributed by atoms with E-state index < -0.39 is 0 Å². The monoisotopic (exact) mass is 398 g/mol. The van der Waals surface area contributed by atoms with Crippen LogP contribution in [0, 0.1) is 13.8 Å². The molecule has 0 saturated heterocycles. The van der Waals surface area contributed by atoms with Gasteiger partial charge in [-0.3, -0.25) is 0 Å². The highest BCUT2D eigenvalue weighted by Crippen LogP contribution is 2.21. The number of nitrogens with one attached hydrogen (secondary N) is 2. The second-order valence-corrected chi connectivity index (χ2v) is 7.35. The Bertz CT molecular complexity index is 974. The van der Waals surface area contributed by atoms with E-state index in [9.17, 15) is 0 Å². The van der Waals surface area contributed by atoms with Crippen LogP contribution in [0.25, 0.3) is 11.3 Å². The van der Waals surface area contributed by atoms with Crippen LogP contribution < -0.4 is 10.6 Å². The summed E-state index contributed by atoms with van der Waals surface area (Å²) in [5.41, 5.74) is 9.53. The van der Waals surface area contributed by atoms with Crippen molar-refractivity contribution in [3.05, 3.63) is 120 Å². The molecule has 0 bridgehead atoms. The van der Waals surface area contributed by atoms with Gasteiger partial charge in [-0.05, 0) is 60.2 Å². The van der Waals surface area contributed by atoms with Crippen molar-refractivity contribution in [1.82, 2.24) is 10.6 Å². The van der Waals surface area contributed by atoms with Gasteiger partial charge in [0.2, 0.25) is 0 Å². The van der Waals surface area contributed by atoms with Crippen molar-refractivity contribution in [2.45, 2.75) is 27.2 Å². The molecule has 1 aliphatic rings. The summed E-state index contributed by atoms with van der Waals surface area (Å²) in [6, 6.07) is 14.8. The molecular formula is C28H34N2. The number of rotatable bonds is 6. The molecule has 0 aromatic heterocycles. The lowest BCUT2D eigenvalue weighted by Crippen LogP contribution is -2.13. The Morgan fingerprint density at radius 3 is 2.50 bits per heavy atom. The molecule has 0 saturated carbocycles. The largest absolute Gasteiger partial charge is 0.388 e. The molecule has 2 aromatic rings. The topological polar surface area (TPSA) is 24.1 Å². The number of dihydropyridines is 1. The van der Waals surface area contributed by atoms with Crippen LogP contribution >= 0.6 is 0 Å². The maximum atomic E-state index is 4.19. The van der Waals surface area contributed by atoms with Gasteiger partial charge >= 0.3 is 0 Å². The minimum atomic E-state index is 0.896. The lowest BCUT2D eigenvalue weighted by atomic mass is 9.96. The molecule has 3 rings (SSSR count). The van der Waals surface area contributed by atoms with Gasteiger partial charge in [0.25, 0.3) is 0 Å². The van der Waals surface area contributed by atoms with Crippen LogP contribution in [0.1, 0.15) is 34.7 Å². The van der Waals surface area contributed by atoms with E-state index in [2.05, 4.69) is 105 Å². The maximum Gasteiger partial charge on any atom is 0.0342 e. The molecule has 1 heterocycles. The minimum absolute atomic E-state index is 0.896. The summed E-state index contributed by atoms with van der Waals surface area (Å²) in [6.07, 6.45) is 11.5. The second kappa shape index (κ2) is 11.7. The number of benzene rings is 2. The van der Waals surface area contributed by atoms with E-state index in [0.29, 0.717) is 0 Å². The lowest BCUT2D eigenvalue weighted by molar-refractivity contribution is 0.921. The van der Waals surface area contributed by atoms with E-state index in [1.54, 1.807) is 0 Å². The summed E-state index contributed by atoms with van der Waals surface area (Å²) in [5, 5.41) is 6.34. The van der Waals surface area contributed by atoms with Crippen molar-refractivity contribution in [3.8, 4) is 0 Å². The standard InChI is InChI=1S/C18H21N.C10H13N/c1-4-16-13-14(2)8-11-18(16)15(3)9-10-17-7-5-6-12-19-17;1-8-6-4-5-7-10(8)9(2)11-3/h5-11,13,19H,3-4,12H2,1-2H3;4-7,11H,2H2,1,3H3/b10-9+;. The molecule has 156 valence electrons. The first-order valence-electron chi connectivity index (χ1n) is 10.5. The first kappa shape index (κ1) is 23.0. The highest BCUT2D eigenvalue weighted by Gasteiger charge is 2.03. The predicted molar refractivity (Wildman–Crippen MR) is 133 cm³/mol. The van der Waals surface area contributed by atoms with E-state index in [1.807, 2.05) is 19.2 Å². The molecule has 0 unspecified atom stereocenters. The average Bonchev–Trinajstić information content (AvgIpc) is 2.78. The van der Waals surface area contributed by atoms with Crippen LogP contribution in [0.4, 0.5) is 0 Å². The van der Waals surface area contributed by atoms with Crippen LogP contribution in [-0.2, 0) is 6.42 Å². The van der Waals surface area contributed by atoms with Crippen LogP contribution in [0.2, 0.25) is 0 Å². The Morgan fingerprint density at radius 2 is 1.87 bits per heavy atom. The molecule has 2 nitrogen and oxygen atoms in total. The third kappa shape index (κ3) is 6.66. The fourth-order valence-electron chi connectivity index (χ4n) is 3.24. The van der Waals surface area contributed by atoms with Gasteiger partial charge in [0.15, 0.2) is 0 Å². The fraction of sp³-hybridized carbons (Fsp3) is 0.214. The summed E-state index contributed by atoms with van der Waals surface area (Å²) < 4.78 is 0. The number of hydrogen-bond donors (Lipinski definition) is 2. The molecule has 0 fully saturated rings. The van der Waals surface area contributed by atoms with Crippen LogP contribution in [0.5, 0.6) is 0 Å². The molecule has 0 radical (unpaired) electrons. The van der Waals surface area contributed by atoms with E-state index in [0.717, 1.165) is 29.9 Å². The molecular weight excluding hydrogens is 364 g/mol. The highest BCUT2D eigenvalue weighted by atomic mass is 14.9. The van der Waals surface area contributed by atoms with E-state index in [-0.39, 0.29) is 0 Å². The second-order valence-electron chi connectivity index (χ2n) is 7.35. The van der Waals surface area contributed by atoms with Crippen molar-refractivity contribution in [3.63, 3.8) is 0 Å². The molecule has 0 spiro atoms. The van der Waals surface area contributed by atoms with Gasteiger partial charge < -0.3 is 10.6 Å². The molecule has 0 atom stereocenters. The smallest absolute Gasteiger partial charge is 0.0342 e. The van der Waals surface area contributed by atoms with Crippen molar-refractivity contribution < 1.29 is 0 Å². The Kier molecular flexibility index (Phi) is 8.96. The van der Waals surface area contributed by atoms with Crippen LogP contribution in [-0.4, -0.2) is 13.6 Å². The van der Waals surface area contributed by atoms with Crippen LogP contribution in [0.3, 0.4) is 0 Å². The Balaban J connectivity index is 0.000000248. The molecule has 0 amide bonds. The SMILES string of the molecule is C=C(/C=C/C1=CC=CCN1)c1ccc(C)cc1CC.C=C(NC)c1ccccc1C. The average molecular weight is 399 g/mol. The Labute approximate surface area is 182 Å². The summed E-state index contributed by atoms with van der Waals surface area (Å²) in [7, 11) is 1.88. The van der Waals surface area contributed by atoms with Crippen molar-refractivity contribution in [1.29, 1.82) is 0 Å². The summed E-state index contributed by atoms with van der Waals surface area (Å²) in [5.74, 6) is 0. The molecule has 2 aromatic carbocycles. The van der Waals surface area contributed by atoms with E-state index in [1.165, 1.54) is 27.8 Å². The van der Waals surface area contributed by atoms with E-state index >= 15 is 0 Å². The number of allylic oxidation sites excluding steroid dienone is 5. The first-order chi connectivity index (χ1) is 14.5. The van der Waals surface area contributed by atoms with Crippen molar-refractivity contribution >= 4 is 11.3 Å². The van der Waals surface area contributed by atoms with Gasteiger partial charge in [-0.1, -0.05) is 86.3 Å². The highest BCUT2D eigenvalue weighted by molar-refractivity contribution is 5.75. The van der Waals surface area contributed by atoms with Gasteiger partial charge in [0.1, 0.15) is 0 Å². The van der Waals surface area contributed by atoms with Gasteiger partial charge in [-0.15, -0.1) is 0 Å². The zero-order valence-electron chi connectivity index (χ0n) is 18.8. The normalized spacial score (nSPS) is 12.5. The predicted octanol–water partition coefficient (Wildman–Crippen LogP) is 6.36. The van der Waals surface area contributed by atoms with Crippen molar-refractivity contribution in [2.75, 3.05) is 13.6 Å². The van der Waals surface area contributed by atoms with E-state index in [4.69, 9.17) is 0 Å². The van der Waals surface area contributed by atoms with Crippen molar-refractivity contribution in [2.24, 2.45) is 0 Å². The molecule has 2 heteroatoms. The van der Waals surface area contributed by atoms with Gasteiger partial charge in [0, 0.05) is 25.0 Å². The third-order valence-electron chi connectivity index (χ3n) is 5.06. The number of aryl methyl sites for hydroxylation is 3. The minimum Gasteiger partial charge on any atom is -0.388 e. The number of hydrogen-bond acceptors (Lipinski definition) is 2. The molecule has 0 aliphatic carbocycles. The molecule has 30 heavy (non-hydrogen) atoms.